The van der Waals surface area contributed by atoms with E-state index in [0.717, 1.165) is 18.8 Å². The van der Waals surface area contributed by atoms with Gasteiger partial charge < -0.3 is 14.0 Å². The van der Waals surface area contributed by atoms with Crippen LogP contribution in [0.15, 0.2) is 12.1 Å². The molecule has 1 saturated heterocycles. The van der Waals surface area contributed by atoms with Crippen molar-refractivity contribution >= 4 is 10.9 Å². The van der Waals surface area contributed by atoms with E-state index >= 15 is 0 Å². The van der Waals surface area contributed by atoms with Crippen molar-refractivity contribution in [1.29, 1.82) is 0 Å². The summed E-state index contributed by atoms with van der Waals surface area (Å²) in [7, 11) is 4.20. The number of ether oxygens (including phenoxy) is 2. The number of rotatable bonds is 2. The van der Waals surface area contributed by atoms with Crippen molar-refractivity contribution in [2.45, 2.75) is 124 Å². The summed E-state index contributed by atoms with van der Waals surface area (Å²) in [4.78, 5) is 0. The monoisotopic (exact) mass is 505 g/mol. The van der Waals surface area contributed by atoms with Crippen LogP contribution in [0.3, 0.4) is 0 Å². The van der Waals surface area contributed by atoms with Crippen LogP contribution < -0.4 is 0 Å². The highest BCUT2D eigenvalue weighted by Crippen LogP contribution is 2.77. The van der Waals surface area contributed by atoms with Crippen LogP contribution in [0.4, 0.5) is 0 Å². The number of aromatic nitrogens is 1. The van der Waals surface area contributed by atoms with E-state index in [1.165, 1.54) is 42.3 Å². The molecule has 1 aliphatic heterocycles. The Balaban J connectivity index is 1.51. The van der Waals surface area contributed by atoms with Crippen LogP contribution in [0.1, 0.15) is 103 Å². The van der Waals surface area contributed by atoms with Crippen LogP contribution in [0, 0.1) is 41.9 Å². The smallest absolute Gasteiger partial charge is 0.0883 e. The first-order chi connectivity index (χ1) is 17.2. The molecule has 0 N–H and O–H groups in total. The van der Waals surface area contributed by atoms with Crippen LogP contribution in [-0.2, 0) is 28.4 Å². The third kappa shape index (κ3) is 2.77. The number of hydrogen-bond acceptors (Lipinski definition) is 2. The Hall–Kier alpha value is -1.32. The summed E-state index contributed by atoms with van der Waals surface area (Å²) < 4.78 is 15.6. The number of fused-ring (bicyclic) bond motifs is 9. The van der Waals surface area contributed by atoms with Gasteiger partial charge in [0.05, 0.1) is 17.8 Å². The third-order valence-corrected chi connectivity index (χ3v) is 14.1. The summed E-state index contributed by atoms with van der Waals surface area (Å²) in [6.45, 7) is 22.2. The van der Waals surface area contributed by atoms with E-state index in [1.807, 2.05) is 7.11 Å². The summed E-state index contributed by atoms with van der Waals surface area (Å²) in [5.74, 6) is 1.32. The maximum atomic E-state index is 7.06. The SMILES string of the molecule is COC(C)(C)C1CC(C)C2(C)C(CC[C@]3(C)[C@@]4(C)c5c(c6c(C)c(C)ccc6n5C)CC4CC[C@@]23C)O1. The molecule has 1 aromatic carbocycles. The van der Waals surface area contributed by atoms with Gasteiger partial charge in [0.25, 0.3) is 0 Å². The summed E-state index contributed by atoms with van der Waals surface area (Å²) in [5.41, 5.74) is 8.15. The van der Waals surface area contributed by atoms with Gasteiger partial charge in [0.1, 0.15) is 0 Å². The standard InChI is InChI=1S/C34H51NO2/c1-20-12-13-25-28(22(20)3)24-19-23-14-16-31(6)32(7,34(23,9)29(24)35(25)10)17-15-26-33(31,8)21(2)18-27(37-26)30(4,5)36-11/h12-13,21,23,26-27H,14-19H2,1-11H3/t21?,23?,26?,27?,31-,32+,33?,34-/m1/s1. The zero-order valence-corrected chi connectivity index (χ0v) is 25.5. The van der Waals surface area contributed by atoms with E-state index in [9.17, 15) is 0 Å². The summed E-state index contributed by atoms with van der Waals surface area (Å²) in [5, 5.41) is 1.55. The predicted octanol–water partition coefficient (Wildman–Crippen LogP) is 8.05. The van der Waals surface area contributed by atoms with Crippen molar-refractivity contribution < 1.29 is 9.47 Å². The minimum atomic E-state index is -0.250. The van der Waals surface area contributed by atoms with Gasteiger partial charge in [0.2, 0.25) is 0 Å². The van der Waals surface area contributed by atoms with E-state index in [1.54, 1.807) is 16.6 Å². The zero-order valence-electron chi connectivity index (χ0n) is 25.5. The molecule has 4 aliphatic rings. The van der Waals surface area contributed by atoms with Crippen molar-refractivity contribution in [1.82, 2.24) is 4.57 Å². The lowest BCUT2D eigenvalue weighted by Gasteiger charge is -2.74. The molecular weight excluding hydrogens is 454 g/mol. The first kappa shape index (κ1) is 25.9. The van der Waals surface area contributed by atoms with E-state index in [4.69, 9.17) is 9.47 Å². The van der Waals surface area contributed by atoms with Crippen molar-refractivity contribution in [2.24, 2.45) is 35.1 Å². The average Bonchev–Trinajstić information content (AvgIpc) is 3.31. The number of methoxy groups -OCH3 is 1. The van der Waals surface area contributed by atoms with Crippen LogP contribution >= 0.6 is 0 Å². The molecule has 2 heterocycles. The van der Waals surface area contributed by atoms with E-state index in [2.05, 4.69) is 86.1 Å². The van der Waals surface area contributed by atoms with Crippen LogP contribution in [0.25, 0.3) is 10.9 Å². The Kier molecular flexibility index (Phi) is 5.37. The maximum absolute atomic E-state index is 7.06. The second-order valence-electron chi connectivity index (χ2n) is 15.0. The Morgan fingerprint density at radius 1 is 1.03 bits per heavy atom. The summed E-state index contributed by atoms with van der Waals surface area (Å²) in [6.07, 6.45) is 7.82. The third-order valence-electron chi connectivity index (χ3n) is 14.1. The molecule has 0 bridgehead atoms. The molecule has 204 valence electrons. The molecule has 2 saturated carbocycles. The molecule has 0 spiro atoms. The minimum Gasteiger partial charge on any atom is -0.376 e. The first-order valence-corrected chi connectivity index (χ1v) is 15.0. The topological polar surface area (TPSA) is 23.4 Å². The minimum absolute atomic E-state index is 0.147. The molecule has 6 rings (SSSR count). The van der Waals surface area contributed by atoms with Crippen LogP contribution in [0.2, 0.25) is 0 Å². The zero-order chi connectivity index (χ0) is 26.9. The average molecular weight is 506 g/mol. The molecule has 0 radical (unpaired) electrons. The Morgan fingerprint density at radius 2 is 1.70 bits per heavy atom. The largest absolute Gasteiger partial charge is 0.376 e. The molecule has 37 heavy (non-hydrogen) atoms. The lowest BCUT2D eigenvalue weighted by Crippen LogP contribution is -2.72. The second-order valence-corrected chi connectivity index (χ2v) is 15.0. The summed E-state index contributed by atoms with van der Waals surface area (Å²) in [6, 6.07) is 4.70. The maximum Gasteiger partial charge on any atom is 0.0883 e. The van der Waals surface area contributed by atoms with Gasteiger partial charge in [-0.05, 0) is 112 Å². The molecule has 1 aromatic heterocycles. The van der Waals surface area contributed by atoms with Crippen LogP contribution in [-0.4, -0.2) is 29.5 Å². The van der Waals surface area contributed by atoms with Gasteiger partial charge in [-0.1, -0.05) is 40.7 Å². The van der Waals surface area contributed by atoms with Crippen molar-refractivity contribution in [3.05, 3.63) is 34.5 Å². The molecule has 3 fully saturated rings. The van der Waals surface area contributed by atoms with Gasteiger partial charge in [-0.15, -0.1) is 0 Å². The van der Waals surface area contributed by atoms with Crippen molar-refractivity contribution in [3.63, 3.8) is 0 Å². The molecule has 3 aliphatic carbocycles. The van der Waals surface area contributed by atoms with Gasteiger partial charge in [0, 0.05) is 41.6 Å². The summed E-state index contributed by atoms with van der Waals surface area (Å²) >= 11 is 0. The molecular formula is C34H51NO2. The fourth-order valence-corrected chi connectivity index (χ4v) is 10.8. The predicted molar refractivity (Wildman–Crippen MR) is 153 cm³/mol. The molecule has 5 unspecified atom stereocenters. The molecule has 8 atom stereocenters. The van der Waals surface area contributed by atoms with Gasteiger partial charge >= 0.3 is 0 Å². The first-order valence-electron chi connectivity index (χ1n) is 15.0. The Morgan fingerprint density at radius 3 is 2.38 bits per heavy atom. The Bertz CT molecular complexity index is 1270. The van der Waals surface area contributed by atoms with Crippen molar-refractivity contribution in [2.75, 3.05) is 7.11 Å². The molecule has 0 amide bonds. The van der Waals surface area contributed by atoms with Gasteiger partial charge in [-0.25, -0.2) is 0 Å². The highest BCUT2D eigenvalue weighted by molar-refractivity contribution is 5.91. The fourth-order valence-electron chi connectivity index (χ4n) is 10.8. The quantitative estimate of drug-likeness (QED) is 0.412. The fraction of sp³-hybridized carbons (Fsp3) is 0.765. The van der Waals surface area contributed by atoms with Gasteiger partial charge in [-0.2, -0.15) is 0 Å². The second kappa shape index (κ2) is 7.66. The number of hydrogen-bond donors (Lipinski definition) is 0. The molecule has 3 nitrogen and oxygen atoms in total. The molecule has 3 heteroatoms. The van der Waals surface area contributed by atoms with E-state index in [0.29, 0.717) is 12.0 Å². The lowest BCUT2D eigenvalue weighted by atomic mass is 9.32. The molecule has 2 aromatic rings. The van der Waals surface area contributed by atoms with Crippen molar-refractivity contribution in [3.8, 4) is 0 Å². The van der Waals surface area contributed by atoms with Crippen LogP contribution in [0.5, 0.6) is 0 Å². The van der Waals surface area contributed by atoms with E-state index < -0.39 is 0 Å². The number of nitrogens with zero attached hydrogens (tertiary/aromatic N) is 1. The highest BCUT2D eigenvalue weighted by Gasteiger charge is 2.74. The normalized spacial score (nSPS) is 43.3. The van der Waals surface area contributed by atoms with Gasteiger partial charge in [0.15, 0.2) is 0 Å². The highest BCUT2D eigenvalue weighted by atomic mass is 16.6. The van der Waals surface area contributed by atoms with E-state index in [-0.39, 0.29) is 33.4 Å². The Labute approximate surface area is 225 Å². The number of aryl methyl sites for hydroxylation is 3. The lowest BCUT2D eigenvalue weighted by molar-refractivity contribution is -0.301. The van der Waals surface area contributed by atoms with Gasteiger partial charge in [-0.3, -0.25) is 0 Å². The number of benzene rings is 1.